The first-order chi connectivity index (χ1) is 11.9. The number of unbranched alkanes of at least 4 members (excludes halogenated alkanes) is 19. The monoisotopic (exact) mass is 400 g/mol. The predicted molar refractivity (Wildman–Crippen MR) is 116 cm³/mol. The third-order valence-electron chi connectivity index (χ3n) is 5.04. The Morgan fingerprint density at radius 2 is 0.667 bits per heavy atom. The molecule has 0 atom stereocenters. The highest BCUT2D eigenvalue weighted by Crippen LogP contribution is 2.14. The van der Waals surface area contributed by atoms with Crippen LogP contribution in [0, 0.1) is 0 Å². The Morgan fingerprint density at radius 3 is 0.917 bits per heavy atom. The molecule has 0 saturated carbocycles. The summed E-state index contributed by atoms with van der Waals surface area (Å²) in [7, 11) is 0. The van der Waals surface area contributed by atoms with Gasteiger partial charge in [-0.1, -0.05) is 131 Å². The lowest BCUT2D eigenvalue weighted by molar-refractivity contribution is 0.524. The first-order valence-corrected chi connectivity index (χ1v) is 12.2. The molecular formula is C23H45Br. The molecular weight excluding hydrogens is 356 g/mol. The molecule has 0 aliphatic heterocycles. The molecule has 0 aliphatic carbocycles. The number of rotatable bonds is 21. The Kier molecular flexibility index (Phi) is 23.4. The second-order valence-electron chi connectivity index (χ2n) is 7.48. The van der Waals surface area contributed by atoms with Crippen LogP contribution in [0.1, 0.15) is 128 Å². The summed E-state index contributed by atoms with van der Waals surface area (Å²) >= 11 is 3.50. The molecule has 0 rings (SSSR count). The van der Waals surface area contributed by atoms with Crippen molar-refractivity contribution in [3.8, 4) is 0 Å². The van der Waals surface area contributed by atoms with Crippen molar-refractivity contribution in [3.63, 3.8) is 0 Å². The van der Waals surface area contributed by atoms with Gasteiger partial charge in [0, 0.05) is 5.33 Å². The topological polar surface area (TPSA) is 0 Å². The van der Waals surface area contributed by atoms with Crippen molar-refractivity contribution in [3.05, 3.63) is 12.7 Å². The lowest BCUT2D eigenvalue weighted by Gasteiger charge is -2.04. The van der Waals surface area contributed by atoms with Crippen LogP contribution in [0.25, 0.3) is 0 Å². The number of hydrogen-bond acceptors (Lipinski definition) is 0. The first-order valence-electron chi connectivity index (χ1n) is 11.1. The summed E-state index contributed by atoms with van der Waals surface area (Å²) in [6.07, 6.45) is 30.8. The molecule has 0 spiro atoms. The SMILES string of the molecule is C=CCCCCCCCCCCCCCCCCCCCCCBr. The van der Waals surface area contributed by atoms with Crippen LogP contribution in [-0.2, 0) is 0 Å². The highest BCUT2D eigenvalue weighted by molar-refractivity contribution is 9.09. The third kappa shape index (κ3) is 22.2. The molecule has 24 heavy (non-hydrogen) atoms. The molecule has 0 fully saturated rings. The van der Waals surface area contributed by atoms with Crippen LogP contribution in [0.15, 0.2) is 12.7 Å². The van der Waals surface area contributed by atoms with E-state index < -0.39 is 0 Å². The Morgan fingerprint density at radius 1 is 0.417 bits per heavy atom. The smallest absolute Gasteiger partial charge is 0.00313 e. The zero-order valence-electron chi connectivity index (χ0n) is 16.5. The van der Waals surface area contributed by atoms with E-state index in [0.29, 0.717) is 0 Å². The molecule has 0 aliphatic rings. The van der Waals surface area contributed by atoms with Crippen molar-refractivity contribution in [2.24, 2.45) is 0 Å². The van der Waals surface area contributed by atoms with Gasteiger partial charge in [-0.25, -0.2) is 0 Å². The number of hydrogen-bond donors (Lipinski definition) is 0. The lowest BCUT2D eigenvalue weighted by atomic mass is 10.0. The highest BCUT2D eigenvalue weighted by Gasteiger charge is 1.95. The molecule has 0 N–H and O–H groups in total. The number of halogens is 1. The maximum Gasteiger partial charge on any atom is 0.00313 e. The number of alkyl halides is 1. The van der Waals surface area contributed by atoms with E-state index in [1.807, 2.05) is 6.08 Å². The molecule has 1 heteroatoms. The van der Waals surface area contributed by atoms with E-state index in [0.717, 1.165) is 0 Å². The maximum atomic E-state index is 3.78. The summed E-state index contributed by atoms with van der Waals surface area (Å²) in [5.41, 5.74) is 0. The van der Waals surface area contributed by atoms with Crippen molar-refractivity contribution in [2.75, 3.05) is 5.33 Å². The zero-order valence-corrected chi connectivity index (χ0v) is 18.1. The highest BCUT2D eigenvalue weighted by atomic mass is 79.9. The first kappa shape index (κ1) is 24.2. The van der Waals surface area contributed by atoms with Gasteiger partial charge in [0.25, 0.3) is 0 Å². The molecule has 0 heterocycles. The van der Waals surface area contributed by atoms with Crippen LogP contribution in [-0.4, -0.2) is 5.33 Å². The summed E-state index contributed by atoms with van der Waals surface area (Å²) < 4.78 is 0. The quantitative estimate of drug-likeness (QED) is 0.102. The summed E-state index contributed by atoms with van der Waals surface area (Å²) in [4.78, 5) is 0. The summed E-state index contributed by atoms with van der Waals surface area (Å²) in [6, 6.07) is 0. The van der Waals surface area contributed by atoms with Gasteiger partial charge in [-0.2, -0.15) is 0 Å². The predicted octanol–water partition coefficient (Wildman–Crippen LogP) is 9.37. The zero-order chi connectivity index (χ0) is 17.6. The van der Waals surface area contributed by atoms with Crippen LogP contribution < -0.4 is 0 Å². The molecule has 144 valence electrons. The van der Waals surface area contributed by atoms with Crippen LogP contribution in [0.4, 0.5) is 0 Å². The van der Waals surface area contributed by atoms with Gasteiger partial charge < -0.3 is 0 Å². The van der Waals surface area contributed by atoms with Crippen molar-refractivity contribution < 1.29 is 0 Å². The van der Waals surface area contributed by atoms with E-state index in [1.54, 1.807) is 0 Å². The fourth-order valence-electron chi connectivity index (χ4n) is 3.39. The summed E-state index contributed by atoms with van der Waals surface area (Å²) in [5, 5.41) is 1.18. The minimum atomic E-state index is 1.18. The van der Waals surface area contributed by atoms with Crippen LogP contribution >= 0.6 is 15.9 Å². The summed E-state index contributed by atoms with van der Waals surface area (Å²) in [6.45, 7) is 3.78. The van der Waals surface area contributed by atoms with Crippen molar-refractivity contribution in [1.82, 2.24) is 0 Å². The maximum absolute atomic E-state index is 3.78. The van der Waals surface area contributed by atoms with Gasteiger partial charge in [-0.3, -0.25) is 0 Å². The van der Waals surface area contributed by atoms with E-state index in [9.17, 15) is 0 Å². The van der Waals surface area contributed by atoms with E-state index in [4.69, 9.17) is 0 Å². The van der Waals surface area contributed by atoms with Crippen LogP contribution in [0.3, 0.4) is 0 Å². The minimum absolute atomic E-state index is 1.18. The van der Waals surface area contributed by atoms with E-state index in [2.05, 4.69) is 22.5 Å². The van der Waals surface area contributed by atoms with Gasteiger partial charge in [0.15, 0.2) is 0 Å². The fraction of sp³-hybridized carbons (Fsp3) is 0.913. The molecule has 0 nitrogen and oxygen atoms in total. The van der Waals surface area contributed by atoms with E-state index in [-0.39, 0.29) is 0 Å². The van der Waals surface area contributed by atoms with Crippen molar-refractivity contribution in [2.45, 2.75) is 128 Å². The molecule has 0 aromatic heterocycles. The van der Waals surface area contributed by atoms with E-state index >= 15 is 0 Å². The minimum Gasteiger partial charge on any atom is -0.103 e. The molecule has 0 bridgehead atoms. The van der Waals surface area contributed by atoms with Gasteiger partial charge in [0.2, 0.25) is 0 Å². The van der Waals surface area contributed by atoms with Gasteiger partial charge in [0.05, 0.1) is 0 Å². The van der Waals surface area contributed by atoms with Crippen LogP contribution in [0.5, 0.6) is 0 Å². The van der Waals surface area contributed by atoms with Gasteiger partial charge >= 0.3 is 0 Å². The van der Waals surface area contributed by atoms with Gasteiger partial charge in [0.1, 0.15) is 0 Å². The molecule has 0 saturated heterocycles. The van der Waals surface area contributed by atoms with Crippen LogP contribution in [0.2, 0.25) is 0 Å². The molecule has 0 amide bonds. The number of allylic oxidation sites excluding steroid dienone is 1. The molecule has 0 unspecified atom stereocenters. The van der Waals surface area contributed by atoms with E-state index in [1.165, 1.54) is 134 Å². The molecule has 0 aromatic rings. The van der Waals surface area contributed by atoms with Crippen molar-refractivity contribution >= 4 is 15.9 Å². The second kappa shape index (κ2) is 23.2. The van der Waals surface area contributed by atoms with Gasteiger partial charge in [-0.05, 0) is 19.3 Å². The fourth-order valence-corrected chi connectivity index (χ4v) is 3.78. The normalized spacial score (nSPS) is 11.0. The third-order valence-corrected chi connectivity index (χ3v) is 5.60. The second-order valence-corrected chi connectivity index (χ2v) is 8.28. The Labute approximate surface area is 162 Å². The Hall–Kier alpha value is 0.220. The molecule has 0 radical (unpaired) electrons. The largest absolute Gasteiger partial charge is 0.103 e. The molecule has 0 aromatic carbocycles. The average Bonchev–Trinajstić information content (AvgIpc) is 2.60. The van der Waals surface area contributed by atoms with Crippen molar-refractivity contribution in [1.29, 1.82) is 0 Å². The lowest BCUT2D eigenvalue weighted by Crippen LogP contribution is -1.84. The standard InChI is InChI=1S/C23H45Br/c1-2-3-4-5-6-7-8-9-10-11-12-13-14-15-16-17-18-19-20-21-22-23-24/h2H,1,3-23H2. The Balaban J connectivity index is 2.94. The summed E-state index contributed by atoms with van der Waals surface area (Å²) in [5.74, 6) is 0. The Bertz CT molecular complexity index is 224. The average molecular weight is 402 g/mol. The van der Waals surface area contributed by atoms with Gasteiger partial charge in [-0.15, -0.1) is 6.58 Å².